The van der Waals surface area contributed by atoms with E-state index in [1.165, 1.54) is 12.8 Å². The summed E-state index contributed by atoms with van der Waals surface area (Å²) in [5.41, 5.74) is 0. The highest BCUT2D eigenvalue weighted by molar-refractivity contribution is 5.71. The largest absolute Gasteiger partial charge is 0.462 e. The Morgan fingerprint density at radius 3 is 0.795 bits per heavy atom. The zero-order chi connectivity index (χ0) is 52.9. The van der Waals surface area contributed by atoms with Crippen LogP contribution in [0.15, 0.2) is 170 Å². The van der Waals surface area contributed by atoms with E-state index in [1.54, 1.807) is 0 Å². The van der Waals surface area contributed by atoms with Crippen molar-refractivity contribution >= 4 is 17.9 Å². The molecule has 6 heteroatoms. The quantitative estimate of drug-likeness (QED) is 0.0261. The number of rotatable bonds is 49. The van der Waals surface area contributed by atoms with Gasteiger partial charge in [-0.25, -0.2) is 0 Å². The molecule has 1 atom stereocenters. The van der Waals surface area contributed by atoms with Crippen LogP contribution in [0.3, 0.4) is 0 Å². The summed E-state index contributed by atoms with van der Waals surface area (Å²) in [7, 11) is 0. The molecule has 0 saturated carbocycles. The van der Waals surface area contributed by atoms with Crippen molar-refractivity contribution < 1.29 is 28.6 Å². The molecule has 0 heterocycles. The molecule has 0 aromatic rings. The van der Waals surface area contributed by atoms with E-state index in [-0.39, 0.29) is 44.0 Å². The molecule has 0 rings (SSSR count). The van der Waals surface area contributed by atoms with E-state index in [9.17, 15) is 14.4 Å². The van der Waals surface area contributed by atoms with Crippen LogP contribution >= 0.6 is 0 Å². The molecule has 0 aromatic heterocycles. The smallest absolute Gasteiger partial charge is 0.306 e. The first-order valence-corrected chi connectivity index (χ1v) is 28.6. The summed E-state index contributed by atoms with van der Waals surface area (Å²) in [6.45, 7) is 6.19. The molecule has 0 radical (unpaired) electrons. The second-order valence-electron chi connectivity index (χ2n) is 18.0. The Labute approximate surface area is 447 Å². The number of carbonyl (C=O) groups excluding carboxylic acids is 3. The summed E-state index contributed by atoms with van der Waals surface area (Å²) >= 11 is 0. The van der Waals surface area contributed by atoms with Crippen LogP contribution in [0.25, 0.3) is 0 Å². The number of allylic oxidation sites excluding steroid dienone is 28. The Kier molecular flexibility index (Phi) is 55.1. The summed E-state index contributed by atoms with van der Waals surface area (Å²) in [4.78, 5) is 38.1. The fourth-order valence-electron chi connectivity index (χ4n) is 7.01. The number of carbonyl (C=O) groups is 3. The lowest BCUT2D eigenvalue weighted by Crippen LogP contribution is -2.30. The third kappa shape index (κ3) is 57.5. The van der Waals surface area contributed by atoms with E-state index in [0.29, 0.717) is 19.3 Å². The third-order valence-corrected chi connectivity index (χ3v) is 11.2. The summed E-state index contributed by atoms with van der Waals surface area (Å²) < 4.78 is 16.8. The summed E-state index contributed by atoms with van der Waals surface area (Å²) in [6.07, 6.45) is 87.8. The van der Waals surface area contributed by atoms with Crippen LogP contribution in [-0.2, 0) is 28.6 Å². The molecule has 0 N–H and O–H groups in total. The maximum Gasteiger partial charge on any atom is 0.306 e. The average molecular weight is 1000 g/mol. The van der Waals surface area contributed by atoms with Crippen LogP contribution in [0, 0.1) is 0 Å². The van der Waals surface area contributed by atoms with E-state index < -0.39 is 6.10 Å². The Morgan fingerprint density at radius 1 is 0.274 bits per heavy atom. The molecule has 0 saturated heterocycles. The summed E-state index contributed by atoms with van der Waals surface area (Å²) in [5, 5.41) is 0. The third-order valence-electron chi connectivity index (χ3n) is 11.2. The van der Waals surface area contributed by atoms with E-state index in [2.05, 4.69) is 191 Å². The molecule has 406 valence electrons. The van der Waals surface area contributed by atoms with Crippen molar-refractivity contribution in [3.8, 4) is 0 Å². The molecule has 0 aromatic carbocycles. The number of esters is 3. The number of hydrogen-bond acceptors (Lipinski definition) is 6. The first-order chi connectivity index (χ1) is 36.0. The first-order valence-electron chi connectivity index (χ1n) is 28.6. The highest BCUT2D eigenvalue weighted by Gasteiger charge is 2.19. The van der Waals surface area contributed by atoms with E-state index in [4.69, 9.17) is 14.2 Å². The molecule has 6 nitrogen and oxygen atoms in total. The average Bonchev–Trinajstić information content (AvgIpc) is 3.39. The molecular formula is C67H102O6. The highest BCUT2D eigenvalue weighted by atomic mass is 16.6. The Bertz CT molecular complexity index is 1720. The minimum absolute atomic E-state index is 0.125. The molecule has 0 aliphatic carbocycles. The molecule has 0 spiro atoms. The van der Waals surface area contributed by atoms with Gasteiger partial charge in [0.15, 0.2) is 6.10 Å². The van der Waals surface area contributed by atoms with Crippen LogP contribution in [0.4, 0.5) is 0 Å². The normalized spacial score (nSPS) is 13.4. The molecule has 0 amide bonds. The SMILES string of the molecule is CC/C=C\C/C=C\C/C=C\C/C=C\C/C=C\C/C=C\CCCCCCCCC(=O)OCC(COC(=O)CCCC/C=C\C/C=C\C/C=C\C/C=C\CC)OC(=O)CCCC/C=C\C/C=C\C/C=C\C/C=C\CC. The van der Waals surface area contributed by atoms with Crippen molar-refractivity contribution in [2.75, 3.05) is 13.2 Å². The van der Waals surface area contributed by atoms with E-state index in [1.807, 2.05) is 0 Å². The van der Waals surface area contributed by atoms with Gasteiger partial charge in [0.25, 0.3) is 0 Å². The molecule has 73 heavy (non-hydrogen) atoms. The van der Waals surface area contributed by atoms with Gasteiger partial charge in [-0.15, -0.1) is 0 Å². The highest BCUT2D eigenvalue weighted by Crippen LogP contribution is 2.12. The van der Waals surface area contributed by atoms with Crippen molar-refractivity contribution in [3.63, 3.8) is 0 Å². The lowest BCUT2D eigenvalue weighted by atomic mass is 10.1. The van der Waals surface area contributed by atoms with Gasteiger partial charge < -0.3 is 14.2 Å². The van der Waals surface area contributed by atoms with E-state index >= 15 is 0 Å². The number of hydrogen-bond donors (Lipinski definition) is 0. The number of unbranched alkanes of at least 4 members (excludes halogenated alkanes) is 10. The van der Waals surface area contributed by atoms with Crippen LogP contribution in [0.1, 0.15) is 213 Å². The fourth-order valence-corrected chi connectivity index (χ4v) is 7.01. The van der Waals surface area contributed by atoms with Crippen molar-refractivity contribution in [1.29, 1.82) is 0 Å². The Hall–Kier alpha value is -5.23. The lowest BCUT2D eigenvalue weighted by molar-refractivity contribution is -0.167. The Morgan fingerprint density at radius 2 is 0.493 bits per heavy atom. The topological polar surface area (TPSA) is 78.9 Å². The van der Waals surface area contributed by atoms with Gasteiger partial charge in [0, 0.05) is 19.3 Å². The minimum Gasteiger partial charge on any atom is -0.462 e. The predicted molar refractivity (Wildman–Crippen MR) is 315 cm³/mol. The van der Waals surface area contributed by atoms with Gasteiger partial charge in [0.1, 0.15) is 13.2 Å². The van der Waals surface area contributed by atoms with Gasteiger partial charge in [0.05, 0.1) is 0 Å². The predicted octanol–water partition coefficient (Wildman–Crippen LogP) is 19.5. The number of ether oxygens (including phenoxy) is 3. The van der Waals surface area contributed by atoms with Gasteiger partial charge in [-0.3, -0.25) is 14.4 Å². The molecule has 0 aliphatic rings. The maximum atomic E-state index is 12.8. The fraction of sp³-hybridized carbons (Fsp3) is 0.537. The standard InChI is InChI=1S/C67H102O6/c1-4-7-10-13-16-19-22-25-28-29-30-31-32-33-34-35-36-37-40-42-45-48-51-54-57-60-66(69)72-63-64(73-67(70)61-58-55-52-49-46-43-39-27-24-21-18-15-12-9-6-3)62-71-65(68)59-56-53-50-47-44-41-38-26-23-20-17-14-11-8-5-2/h7-12,16-21,25-28,30-31,33-34,36-39,44,46-47,49,64H,4-6,13-15,22-24,29,32,35,40-43,45,48,50-63H2,1-3H3/b10-7-,11-8-,12-9-,19-16-,20-17-,21-18-,28-25-,31-30-,34-33-,37-36-,38-26-,39-27-,47-44-,49-46-. The molecular weight excluding hydrogens is 901 g/mol. The van der Waals surface area contributed by atoms with Crippen LogP contribution in [0.5, 0.6) is 0 Å². The maximum absolute atomic E-state index is 12.8. The summed E-state index contributed by atoms with van der Waals surface area (Å²) in [6, 6.07) is 0. The first kappa shape index (κ1) is 67.8. The molecule has 0 bridgehead atoms. The van der Waals surface area contributed by atoms with Crippen molar-refractivity contribution in [2.45, 2.75) is 219 Å². The lowest BCUT2D eigenvalue weighted by Gasteiger charge is -2.18. The van der Waals surface area contributed by atoms with Gasteiger partial charge in [-0.1, -0.05) is 217 Å². The van der Waals surface area contributed by atoms with Gasteiger partial charge in [-0.2, -0.15) is 0 Å². The van der Waals surface area contributed by atoms with Gasteiger partial charge >= 0.3 is 17.9 Å². The van der Waals surface area contributed by atoms with Gasteiger partial charge in [-0.05, 0) is 148 Å². The Balaban J connectivity index is 4.51. The molecule has 1 unspecified atom stereocenters. The molecule has 0 fully saturated rings. The van der Waals surface area contributed by atoms with Gasteiger partial charge in [0.2, 0.25) is 0 Å². The zero-order valence-electron chi connectivity index (χ0n) is 46.3. The van der Waals surface area contributed by atoms with Crippen LogP contribution in [0.2, 0.25) is 0 Å². The van der Waals surface area contributed by atoms with Crippen LogP contribution in [-0.4, -0.2) is 37.2 Å². The van der Waals surface area contributed by atoms with Crippen molar-refractivity contribution in [1.82, 2.24) is 0 Å². The zero-order valence-corrected chi connectivity index (χ0v) is 46.3. The summed E-state index contributed by atoms with van der Waals surface area (Å²) in [5.74, 6) is -1.03. The monoisotopic (exact) mass is 1000 g/mol. The van der Waals surface area contributed by atoms with E-state index in [0.717, 1.165) is 148 Å². The minimum atomic E-state index is -0.833. The second-order valence-corrected chi connectivity index (χ2v) is 18.0. The molecule has 0 aliphatic heterocycles. The van der Waals surface area contributed by atoms with Crippen molar-refractivity contribution in [3.05, 3.63) is 170 Å². The second kappa shape index (κ2) is 59.3. The van der Waals surface area contributed by atoms with Crippen LogP contribution < -0.4 is 0 Å². The van der Waals surface area contributed by atoms with Crippen molar-refractivity contribution in [2.24, 2.45) is 0 Å².